The number of hydrogen-bond donors (Lipinski definition) is 2. The summed E-state index contributed by atoms with van der Waals surface area (Å²) >= 11 is 0. The SMILES string of the molecule is C/C=C\c1[nH]ccc1C=N. The maximum atomic E-state index is 7.00. The predicted molar refractivity (Wildman–Crippen MR) is 43.4 cm³/mol. The van der Waals surface area contributed by atoms with Gasteiger partial charge in [0.2, 0.25) is 0 Å². The number of aromatic amines is 1. The van der Waals surface area contributed by atoms with Gasteiger partial charge in [0.25, 0.3) is 0 Å². The Labute approximate surface area is 60.1 Å². The molecule has 52 valence electrons. The van der Waals surface area contributed by atoms with Crippen molar-refractivity contribution in [2.75, 3.05) is 0 Å². The Balaban J connectivity index is 3.00. The van der Waals surface area contributed by atoms with Crippen LogP contribution in [0.2, 0.25) is 0 Å². The van der Waals surface area contributed by atoms with Crippen molar-refractivity contribution in [3.8, 4) is 0 Å². The zero-order valence-electron chi connectivity index (χ0n) is 5.89. The molecule has 2 heteroatoms. The van der Waals surface area contributed by atoms with Gasteiger partial charge in [-0.15, -0.1) is 0 Å². The number of rotatable bonds is 2. The standard InChI is InChI=1S/C8H10N2/c1-2-3-8-7(6-9)4-5-10-8/h2-6,9-10H,1H3/b3-2-,9-6?. The van der Waals surface area contributed by atoms with Crippen LogP contribution in [-0.2, 0) is 0 Å². The average Bonchev–Trinajstić information content (AvgIpc) is 2.36. The van der Waals surface area contributed by atoms with E-state index in [0.717, 1.165) is 11.3 Å². The van der Waals surface area contributed by atoms with Gasteiger partial charge in [-0.1, -0.05) is 6.08 Å². The van der Waals surface area contributed by atoms with Crippen molar-refractivity contribution in [1.29, 1.82) is 5.41 Å². The Morgan fingerprint density at radius 3 is 3.00 bits per heavy atom. The molecule has 0 spiro atoms. The third-order valence-electron chi connectivity index (χ3n) is 1.30. The molecule has 10 heavy (non-hydrogen) atoms. The van der Waals surface area contributed by atoms with Crippen LogP contribution >= 0.6 is 0 Å². The molecule has 0 amide bonds. The van der Waals surface area contributed by atoms with E-state index < -0.39 is 0 Å². The third-order valence-corrected chi connectivity index (χ3v) is 1.30. The van der Waals surface area contributed by atoms with E-state index in [2.05, 4.69) is 4.98 Å². The summed E-state index contributed by atoms with van der Waals surface area (Å²) in [6.07, 6.45) is 7.06. The Hall–Kier alpha value is -1.31. The molecule has 0 bridgehead atoms. The minimum absolute atomic E-state index is 0.929. The molecule has 2 N–H and O–H groups in total. The van der Waals surface area contributed by atoms with Crippen molar-refractivity contribution in [2.45, 2.75) is 6.92 Å². The molecular weight excluding hydrogens is 124 g/mol. The fraction of sp³-hybridized carbons (Fsp3) is 0.125. The monoisotopic (exact) mass is 134 g/mol. The van der Waals surface area contributed by atoms with Gasteiger partial charge < -0.3 is 10.4 Å². The highest BCUT2D eigenvalue weighted by Crippen LogP contribution is 2.04. The first-order chi connectivity index (χ1) is 4.88. The largest absolute Gasteiger partial charge is 0.361 e. The molecule has 1 aromatic heterocycles. The molecule has 0 fully saturated rings. The summed E-state index contributed by atoms with van der Waals surface area (Å²) in [4.78, 5) is 3.02. The lowest BCUT2D eigenvalue weighted by molar-refractivity contribution is 1.37. The summed E-state index contributed by atoms with van der Waals surface area (Å²) < 4.78 is 0. The topological polar surface area (TPSA) is 39.6 Å². The van der Waals surface area contributed by atoms with E-state index in [1.54, 1.807) is 0 Å². The minimum atomic E-state index is 0.929. The van der Waals surface area contributed by atoms with E-state index in [0.29, 0.717) is 0 Å². The van der Waals surface area contributed by atoms with Gasteiger partial charge in [-0.05, 0) is 19.1 Å². The highest BCUT2D eigenvalue weighted by atomic mass is 14.7. The molecule has 0 saturated heterocycles. The van der Waals surface area contributed by atoms with Gasteiger partial charge in [-0.3, -0.25) is 0 Å². The number of aromatic nitrogens is 1. The van der Waals surface area contributed by atoms with Gasteiger partial charge in [0.05, 0.1) is 0 Å². The van der Waals surface area contributed by atoms with E-state index in [1.165, 1.54) is 6.21 Å². The number of allylic oxidation sites excluding steroid dienone is 1. The molecule has 0 unspecified atom stereocenters. The van der Waals surface area contributed by atoms with E-state index in [1.807, 2.05) is 31.3 Å². The molecule has 0 saturated carbocycles. The second-order valence-electron chi connectivity index (χ2n) is 1.99. The van der Waals surface area contributed by atoms with Crippen LogP contribution in [0, 0.1) is 5.41 Å². The van der Waals surface area contributed by atoms with Gasteiger partial charge in [0.15, 0.2) is 0 Å². The van der Waals surface area contributed by atoms with Crippen LogP contribution in [0.15, 0.2) is 18.3 Å². The van der Waals surface area contributed by atoms with Crippen molar-refractivity contribution in [3.63, 3.8) is 0 Å². The number of hydrogen-bond acceptors (Lipinski definition) is 1. The molecule has 0 aliphatic carbocycles. The number of nitrogens with one attached hydrogen (secondary N) is 2. The first kappa shape index (κ1) is 6.81. The van der Waals surface area contributed by atoms with Gasteiger partial charge in [0, 0.05) is 23.7 Å². The average molecular weight is 134 g/mol. The van der Waals surface area contributed by atoms with Crippen LogP contribution in [0.3, 0.4) is 0 Å². The summed E-state index contributed by atoms with van der Waals surface area (Å²) in [6.45, 7) is 1.95. The Morgan fingerprint density at radius 2 is 2.40 bits per heavy atom. The Morgan fingerprint density at radius 1 is 1.60 bits per heavy atom. The fourth-order valence-electron chi connectivity index (χ4n) is 0.831. The van der Waals surface area contributed by atoms with Gasteiger partial charge in [-0.25, -0.2) is 0 Å². The van der Waals surface area contributed by atoms with Crippen molar-refractivity contribution in [1.82, 2.24) is 4.98 Å². The van der Waals surface area contributed by atoms with E-state index in [-0.39, 0.29) is 0 Å². The van der Waals surface area contributed by atoms with E-state index in [4.69, 9.17) is 5.41 Å². The smallest absolute Gasteiger partial charge is 0.0465 e. The second kappa shape index (κ2) is 3.01. The molecule has 0 aliphatic heterocycles. The highest BCUT2D eigenvalue weighted by molar-refractivity contribution is 5.82. The van der Waals surface area contributed by atoms with Gasteiger partial charge in [0.1, 0.15) is 0 Å². The summed E-state index contributed by atoms with van der Waals surface area (Å²) in [5.41, 5.74) is 1.93. The first-order valence-electron chi connectivity index (χ1n) is 3.19. The molecule has 1 aromatic rings. The van der Waals surface area contributed by atoms with Crippen molar-refractivity contribution < 1.29 is 0 Å². The molecule has 1 rings (SSSR count). The van der Waals surface area contributed by atoms with Crippen LogP contribution < -0.4 is 0 Å². The second-order valence-corrected chi connectivity index (χ2v) is 1.99. The first-order valence-corrected chi connectivity index (χ1v) is 3.19. The number of H-pyrrole nitrogens is 1. The van der Waals surface area contributed by atoms with Crippen LogP contribution in [0.4, 0.5) is 0 Å². The Kier molecular flexibility index (Phi) is 2.05. The lowest BCUT2D eigenvalue weighted by atomic mass is 10.2. The quantitative estimate of drug-likeness (QED) is 0.581. The van der Waals surface area contributed by atoms with Crippen molar-refractivity contribution >= 4 is 12.3 Å². The Bertz CT molecular complexity index is 246. The lowest BCUT2D eigenvalue weighted by Crippen LogP contribution is -1.78. The van der Waals surface area contributed by atoms with Crippen molar-refractivity contribution in [2.24, 2.45) is 0 Å². The summed E-state index contributed by atoms with van der Waals surface area (Å²) in [5, 5.41) is 7.00. The molecule has 0 atom stereocenters. The molecule has 0 aromatic carbocycles. The zero-order valence-corrected chi connectivity index (χ0v) is 5.89. The van der Waals surface area contributed by atoms with E-state index in [9.17, 15) is 0 Å². The van der Waals surface area contributed by atoms with Gasteiger partial charge >= 0.3 is 0 Å². The molecular formula is C8H10N2. The third kappa shape index (κ3) is 1.16. The predicted octanol–water partition coefficient (Wildman–Crippen LogP) is 2.05. The summed E-state index contributed by atoms with van der Waals surface area (Å²) in [5.74, 6) is 0. The highest BCUT2D eigenvalue weighted by Gasteiger charge is 1.93. The van der Waals surface area contributed by atoms with Crippen LogP contribution in [0.5, 0.6) is 0 Å². The molecule has 0 aliphatic rings. The van der Waals surface area contributed by atoms with Crippen LogP contribution in [-0.4, -0.2) is 11.2 Å². The van der Waals surface area contributed by atoms with Crippen molar-refractivity contribution in [3.05, 3.63) is 29.6 Å². The lowest BCUT2D eigenvalue weighted by Gasteiger charge is -1.87. The zero-order chi connectivity index (χ0) is 7.40. The fourth-order valence-corrected chi connectivity index (χ4v) is 0.831. The maximum Gasteiger partial charge on any atom is 0.0465 e. The summed E-state index contributed by atoms with van der Waals surface area (Å²) in [6, 6.07) is 1.88. The van der Waals surface area contributed by atoms with Gasteiger partial charge in [-0.2, -0.15) is 0 Å². The van der Waals surface area contributed by atoms with E-state index >= 15 is 0 Å². The minimum Gasteiger partial charge on any atom is -0.361 e. The normalized spacial score (nSPS) is 10.5. The summed E-state index contributed by atoms with van der Waals surface area (Å²) in [7, 11) is 0. The molecule has 1 heterocycles. The maximum absolute atomic E-state index is 7.00. The van der Waals surface area contributed by atoms with Crippen LogP contribution in [0.25, 0.3) is 6.08 Å². The molecule has 2 nitrogen and oxygen atoms in total. The molecule has 0 radical (unpaired) electrons. The van der Waals surface area contributed by atoms with Crippen LogP contribution in [0.1, 0.15) is 18.2 Å².